The molecule has 0 atom stereocenters. The molecule has 0 saturated carbocycles. The number of nitrogens with zero attached hydrogens (tertiary/aromatic N) is 1. The number of carbonyl (C=O) groups excluding carboxylic acids is 1. The number of anilines is 1. The van der Waals surface area contributed by atoms with Crippen LogP contribution in [0.5, 0.6) is 0 Å². The summed E-state index contributed by atoms with van der Waals surface area (Å²) in [6, 6.07) is 16.1. The quantitative estimate of drug-likeness (QED) is 0.552. The maximum atomic E-state index is 12.3. The molecule has 0 spiro atoms. The number of thioether (sulfide) groups is 1. The molecule has 5 heteroatoms. The molecule has 3 nitrogen and oxygen atoms in total. The van der Waals surface area contributed by atoms with Crippen molar-refractivity contribution in [1.29, 1.82) is 0 Å². The Morgan fingerprint density at radius 2 is 2.00 bits per heavy atom. The van der Waals surface area contributed by atoms with E-state index < -0.39 is 0 Å². The molecule has 1 heterocycles. The molecular formula is C20H19BrN2OS. The van der Waals surface area contributed by atoms with Gasteiger partial charge in [-0.25, -0.2) is 4.98 Å². The van der Waals surface area contributed by atoms with Crippen LogP contribution in [-0.4, -0.2) is 16.6 Å². The average Bonchev–Trinajstić information content (AvgIpc) is 2.61. The van der Waals surface area contributed by atoms with E-state index in [1.165, 1.54) is 22.9 Å². The number of para-hydroxylation sites is 1. The molecule has 1 aromatic heterocycles. The van der Waals surface area contributed by atoms with Crippen molar-refractivity contribution in [2.24, 2.45) is 0 Å². The molecule has 128 valence electrons. The van der Waals surface area contributed by atoms with E-state index in [9.17, 15) is 4.79 Å². The summed E-state index contributed by atoms with van der Waals surface area (Å²) in [5.74, 6) is 0.295. The van der Waals surface area contributed by atoms with Crippen LogP contribution < -0.4 is 5.32 Å². The minimum atomic E-state index is -0.0370. The summed E-state index contributed by atoms with van der Waals surface area (Å²) in [5, 5.41) is 5.01. The van der Waals surface area contributed by atoms with Crippen LogP contribution in [0.1, 0.15) is 18.1 Å². The number of hydrogen-bond acceptors (Lipinski definition) is 3. The van der Waals surface area contributed by atoms with Crippen LogP contribution >= 0.6 is 27.7 Å². The number of rotatable bonds is 5. The Labute approximate surface area is 160 Å². The van der Waals surface area contributed by atoms with Crippen molar-refractivity contribution in [2.75, 3.05) is 11.1 Å². The Morgan fingerprint density at radius 1 is 1.20 bits per heavy atom. The Kier molecular flexibility index (Phi) is 5.76. The zero-order valence-corrected chi connectivity index (χ0v) is 16.6. The van der Waals surface area contributed by atoms with Gasteiger partial charge in [-0.2, -0.15) is 0 Å². The van der Waals surface area contributed by atoms with E-state index in [0.29, 0.717) is 5.75 Å². The largest absolute Gasteiger partial charge is 0.324 e. The van der Waals surface area contributed by atoms with Crippen LogP contribution in [0.25, 0.3) is 10.9 Å². The third-order valence-electron chi connectivity index (χ3n) is 3.88. The van der Waals surface area contributed by atoms with Crippen LogP contribution in [0.15, 0.2) is 58.0 Å². The van der Waals surface area contributed by atoms with Crippen molar-refractivity contribution in [2.45, 2.75) is 25.3 Å². The lowest BCUT2D eigenvalue weighted by atomic mass is 10.1. The molecule has 0 fully saturated rings. The molecule has 1 N–H and O–H groups in total. The highest BCUT2D eigenvalue weighted by Crippen LogP contribution is 2.27. The van der Waals surface area contributed by atoms with Crippen molar-refractivity contribution in [1.82, 2.24) is 4.98 Å². The molecule has 3 rings (SSSR count). The molecule has 2 aromatic carbocycles. The van der Waals surface area contributed by atoms with Gasteiger partial charge >= 0.3 is 0 Å². The second-order valence-electron chi connectivity index (χ2n) is 5.82. The summed E-state index contributed by atoms with van der Waals surface area (Å²) < 4.78 is 0.877. The summed E-state index contributed by atoms with van der Waals surface area (Å²) in [4.78, 5) is 17.1. The molecule has 0 bridgehead atoms. The highest BCUT2D eigenvalue weighted by Gasteiger charge is 2.11. The first-order chi connectivity index (χ1) is 12.1. The van der Waals surface area contributed by atoms with Crippen LogP contribution in [-0.2, 0) is 11.2 Å². The predicted octanol–water partition coefficient (Wildman–Crippen LogP) is 5.60. The maximum absolute atomic E-state index is 12.3. The number of hydrogen-bond donors (Lipinski definition) is 1. The standard InChI is InChI=1S/C20H19BrN2OS/c1-3-14-11-15-9-8-13(2)10-18(15)23-20(14)25-12-19(24)22-17-7-5-4-6-16(17)21/h4-11H,3,12H2,1-2H3,(H,22,24). The average molecular weight is 415 g/mol. The number of fused-ring (bicyclic) bond motifs is 1. The molecule has 0 aliphatic rings. The Bertz CT molecular complexity index is 927. The fraction of sp³-hybridized carbons (Fsp3) is 0.200. The first kappa shape index (κ1) is 18.0. The zero-order chi connectivity index (χ0) is 17.8. The molecular weight excluding hydrogens is 396 g/mol. The van der Waals surface area contributed by atoms with Crippen molar-refractivity contribution < 1.29 is 4.79 Å². The third-order valence-corrected chi connectivity index (χ3v) is 5.61. The normalized spacial score (nSPS) is 10.8. The number of benzene rings is 2. The van der Waals surface area contributed by atoms with E-state index in [0.717, 1.165) is 32.5 Å². The first-order valence-corrected chi connectivity index (χ1v) is 9.92. The van der Waals surface area contributed by atoms with E-state index >= 15 is 0 Å². The van der Waals surface area contributed by atoms with Gasteiger partial charge in [0.2, 0.25) is 5.91 Å². The highest BCUT2D eigenvalue weighted by molar-refractivity contribution is 9.10. The SMILES string of the molecule is CCc1cc2ccc(C)cc2nc1SCC(=O)Nc1ccccc1Br. The number of carbonyl (C=O) groups is 1. The lowest BCUT2D eigenvalue weighted by Crippen LogP contribution is -2.14. The number of nitrogens with one attached hydrogen (secondary N) is 1. The van der Waals surface area contributed by atoms with Crippen molar-refractivity contribution in [3.63, 3.8) is 0 Å². The van der Waals surface area contributed by atoms with Crippen molar-refractivity contribution in [3.05, 3.63) is 64.1 Å². The maximum Gasteiger partial charge on any atom is 0.234 e. The summed E-state index contributed by atoms with van der Waals surface area (Å²) in [6.07, 6.45) is 0.894. The molecule has 0 aliphatic carbocycles. The molecule has 0 radical (unpaired) electrons. The lowest BCUT2D eigenvalue weighted by Gasteiger charge is -2.10. The van der Waals surface area contributed by atoms with E-state index in [1.54, 1.807) is 0 Å². The number of amides is 1. The van der Waals surface area contributed by atoms with Crippen LogP contribution in [0.3, 0.4) is 0 Å². The second kappa shape index (κ2) is 8.02. The van der Waals surface area contributed by atoms with Gasteiger partial charge in [-0.05, 0) is 64.7 Å². The zero-order valence-electron chi connectivity index (χ0n) is 14.2. The van der Waals surface area contributed by atoms with E-state index in [4.69, 9.17) is 4.98 Å². The van der Waals surface area contributed by atoms with Gasteiger partial charge in [-0.1, -0.05) is 43.0 Å². The Morgan fingerprint density at radius 3 is 2.76 bits per heavy atom. The Balaban J connectivity index is 1.75. The summed E-state index contributed by atoms with van der Waals surface area (Å²) in [6.45, 7) is 4.18. The van der Waals surface area contributed by atoms with E-state index in [-0.39, 0.29) is 5.91 Å². The van der Waals surface area contributed by atoms with Gasteiger partial charge in [-0.15, -0.1) is 0 Å². The van der Waals surface area contributed by atoms with Crippen molar-refractivity contribution in [3.8, 4) is 0 Å². The molecule has 0 unspecified atom stereocenters. The summed E-state index contributed by atoms with van der Waals surface area (Å²) >= 11 is 4.93. The molecule has 0 saturated heterocycles. The smallest absolute Gasteiger partial charge is 0.234 e. The fourth-order valence-electron chi connectivity index (χ4n) is 2.56. The van der Waals surface area contributed by atoms with E-state index in [2.05, 4.69) is 59.4 Å². The van der Waals surface area contributed by atoms with Crippen LogP contribution in [0.4, 0.5) is 5.69 Å². The van der Waals surface area contributed by atoms with Crippen molar-refractivity contribution >= 4 is 50.2 Å². The monoisotopic (exact) mass is 414 g/mol. The molecule has 3 aromatic rings. The van der Waals surface area contributed by atoms with Gasteiger partial charge < -0.3 is 5.32 Å². The second-order valence-corrected chi connectivity index (χ2v) is 7.64. The van der Waals surface area contributed by atoms with Gasteiger partial charge in [-0.3, -0.25) is 4.79 Å². The molecule has 25 heavy (non-hydrogen) atoms. The number of pyridine rings is 1. The Hall–Kier alpha value is -1.85. The lowest BCUT2D eigenvalue weighted by molar-refractivity contribution is -0.113. The summed E-state index contributed by atoms with van der Waals surface area (Å²) in [5.41, 5.74) is 4.12. The minimum absolute atomic E-state index is 0.0370. The van der Waals surface area contributed by atoms with Gasteiger partial charge in [0.25, 0.3) is 0 Å². The van der Waals surface area contributed by atoms with E-state index in [1.807, 2.05) is 24.3 Å². The topological polar surface area (TPSA) is 42.0 Å². The number of halogens is 1. The van der Waals surface area contributed by atoms with Gasteiger partial charge in [0, 0.05) is 9.86 Å². The third kappa shape index (κ3) is 4.41. The molecule has 1 amide bonds. The fourth-order valence-corrected chi connectivity index (χ4v) is 3.84. The van der Waals surface area contributed by atoms with Crippen LogP contribution in [0.2, 0.25) is 0 Å². The van der Waals surface area contributed by atoms with Gasteiger partial charge in [0.1, 0.15) is 5.03 Å². The summed E-state index contributed by atoms with van der Waals surface area (Å²) in [7, 11) is 0. The highest BCUT2D eigenvalue weighted by atomic mass is 79.9. The molecule has 0 aliphatic heterocycles. The van der Waals surface area contributed by atoms with Gasteiger partial charge in [0.15, 0.2) is 0 Å². The number of aryl methyl sites for hydroxylation is 2. The number of aromatic nitrogens is 1. The predicted molar refractivity (Wildman–Crippen MR) is 109 cm³/mol. The minimum Gasteiger partial charge on any atom is -0.324 e. The van der Waals surface area contributed by atoms with Crippen LogP contribution in [0, 0.1) is 6.92 Å². The first-order valence-electron chi connectivity index (χ1n) is 8.14. The van der Waals surface area contributed by atoms with Gasteiger partial charge in [0.05, 0.1) is 17.0 Å².